The lowest BCUT2D eigenvalue weighted by Crippen LogP contribution is -2.22. The predicted molar refractivity (Wildman–Crippen MR) is 72.3 cm³/mol. The summed E-state index contributed by atoms with van der Waals surface area (Å²) in [5.74, 6) is -0.366. The minimum absolute atomic E-state index is 0.183. The summed E-state index contributed by atoms with van der Waals surface area (Å²) < 4.78 is 28.6. The van der Waals surface area contributed by atoms with Gasteiger partial charge in [0, 0.05) is 30.1 Å². The Morgan fingerprint density at radius 2 is 2.05 bits per heavy atom. The predicted octanol–water partition coefficient (Wildman–Crippen LogP) is 2.64. The summed E-state index contributed by atoms with van der Waals surface area (Å²) in [6, 6.07) is 3.52. The van der Waals surface area contributed by atoms with Crippen LogP contribution in [-0.4, -0.2) is 21.8 Å². The molecule has 4 nitrogen and oxygen atoms in total. The standard InChI is InChI=1S/C14H18F2N4/c1-9(2)20-14(18-8-19-20)7-13(17-3)11-5-4-10(15)6-12(11)16/h4-6,8-9,13,17H,7H2,1-3H3. The molecule has 0 amide bonds. The molecule has 0 aliphatic rings. The molecule has 1 aromatic heterocycles. The number of hydrogen-bond donors (Lipinski definition) is 1. The van der Waals surface area contributed by atoms with Crippen LogP contribution in [0.1, 0.15) is 37.3 Å². The Balaban J connectivity index is 2.27. The SMILES string of the molecule is CNC(Cc1ncnn1C(C)C)c1ccc(F)cc1F. The highest BCUT2D eigenvalue weighted by Gasteiger charge is 2.18. The van der Waals surface area contributed by atoms with Crippen LogP contribution in [0.15, 0.2) is 24.5 Å². The molecule has 0 radical (unpaired) electrons. The molecule has 0 saturated carbocycles. The molecule has 108 valence electrons. The van der Waals surface area contributed by atoms with Gasteiger partial charge in [-0.25, -0.2) is 18.4 Å². The molecule has 6 heteroatoms. The molecular formula is C14H18F2N4. The van der Waals surface area contributed by atoms with Crippen molar-refractivity contribution in [3.05, 3.63) is 47.5 Å². The van der Waals surface area contributed by atoms with E-state index >= 15 is 0 Å². The number of rotatable bonds is 5. The highest BCUT2D eigenvalue weighted by atomic mass is 19.1. The van der Waals surface area contributed by atoms with E-state index in [1.54, 1.807) is 11.7 Å². The molecule has 1 atom stereocenters. The third kappa shape index (κ3) is 3.01. The summed E-state index contributed by atoms with van der Waals surface area (Å²) >= 11 is 0. The van der Waals surface area contributed by atoms with E-state index in [9.17, 15) is 8.78 Å². The van der Waals surface area contributed by atoms with Crippen molar-refractivity contribution in [1.29, 1.82) is 0 Å². The maximum atomic E-state index is 13.9. The number of halogens is 2. The summed E-state index contributed by atoms with van der Waals surface area (Å²) in [6.07, 6.45) is 1.97. The van der Waals surface area contributed by atoms with Crippen molar-refractivity contribution in [3.63, 3.8) is 0 Å². The van der Waals surface area contributed by atoms with Gasteiger partial charge in [0.25, 0.3) is 0 Å². The molecule has 20 heavy (non-hydrogen) atoms. The fraction of sp³-hybridized carbons (Fsp3) is 0.429. The van der Waals surface area contributed by atoms with E-state index in [1.165, 1.54) is 18.5 Å². The topological polar surface area (TPSA) is 42.7 Å². The number of nitrogens with one attached hydrogen (secondary N) is 1. The van der Waals surface area contributed by atoms with Gasteiger partial charge in [0.05, 0.1) is 0 Å². The van der Waals surface area contributed by atoms with E-state index in [1.807, 2.05) is 13.8 Å². The van der Waals surface area contributed by atoms with Gasteiger partial charge in [-0.15, -0.1) is 0 Å². The van der Waals surface area contributed by atoms with Crippen LogP contribution >= 0.6 is 0 Å². The van der Waals surface area contributed by atoms with Gasteiger partial charge in [-0.05, 0) is 27.0 Å². The van der Waals surface area contributed by atoms with Crippen LogP contribution < -0.4 is 5.32 Å². The van der Waals surface area contributed by atoms with Crippen LogP contribution in [0.4, 0.5) is 8.78 Å². The molecule has 0 fully saturated rings. The van der Waals surface area contributed by atoms with Gasteiger partial charge >= 0.3 is 0 Å². The fourth-order valence-corrected chi connectivity index (χ4v) is 2.19. The molecule has 2 aromatic rings. The van der Waals surface area contributed by atoms with Gasteiger partial charge in [-0.2, -0.15) is 5.10 Å². The van der Waals surface area contributed by atoms with Gasteiger partial charge in [0.2, 0.25) is 0 Å². The average molecular weight is 280 g/mol. The molecule has 0 bridgehead atoms. The Hall–Kier alpha value is -1.82. The van der Waals surface area contributed by atoms with Crippen molar-refractivity contribution in [2.45, 2.75) is 32.4 Å². The average Bonchev–Trinajstić information content (AvgIpc) is 2.85. The second-order valence-corrected chi connectivity index (χ2v) is 4.93. The van der Waals surface area contributed by atoms with Gasteiger partial charge in [-0.1, -0.05) is 6.07 Å². The summed E-state index contributed by atoms with van der Waals surface area (Å²) in [6.45, 7) is 4.01. The molecule has 0 aliphatic carbocycles. The zero-order valence-corrected chi connectivity index (χ0v) is 11.8. The molecule has 1 unspecified atom stereocenters. The molecule has 1 N–H and O–H groups in total. The van der Waals surface area contributed by atoms with Crippen LogP contribution in [0.5, 0.6) is 0 Å². The molecule has 0 aliphatic heterocycles. The third-order valence-corrected chi connectivity index (χ3v) is 3.21. The minimum Gasteiger partial charge on any atom is -0.313 e. The van der Waals surface area contributed by atoms with Crippen molar-refractivity contribution in [1.82, 2.24) is 20.1 Å². The lowest BCUT2D eigenvalue weighted by Gasteiger charge is -2.18. The highest BCUT2D eigenvalue weighted by molar-refractivity contribution is 5.23. The van der Waals surface area contributed by atoms with Crippen molar-refractivity contribution in [3.8, 4) is 0 Å². The van der Waals surface area contributed by atoms with Crippen LogP contribution in [0.3, 0.4) is 0 Å². The lowest BCUT2D eigenvalue weighted by atomic mass is 10.0. The summed E-state index contributed by atoms with van der Waals surface area (Å²) in [4.78, 5) is 4.21. The third-order valence-electron chi connectivity index (χ3n) is 3.21. The molecule has 1 heterocycles. The molecule has 2 rings (SSSR count). The van der Waals surface area contributed by atoms with Gasteiger partial charge in [0.1, 0.15) is 23.8 Å². The maximum absolute atomic E-state index is 13.9. The van der Waals surface area contributed by atoms with Crippen molar-refractivity contribution in [2.75, 3.05) is 7.05 Å². The first-order valence-corrected chi connectivity index (χ1v) is 6.53. The zero-order valence-electron chi connectivity index (χ0n) is 11.8. The largest absolute Gasteiger partial charge is 0.313 e. The number of aromatic nitrogens is 3. The van der Waals surface area contributed by atoms with Crippen molar-refractivity contribution in [2.24, 2.45) is 0 Å². The Morgan fingerprint density at radius 3 is 2.65 bits per heavy atom. The number of hydrogen-bond acceptors (Lipinski definition) is 3. The number of nitrogens with zero attached hydrogens (tertiary/aromatic N) is 3. The summed E-state index contributed by atoms with van der Waals surface area (Å²) in [5.41, 5.74) is 0.423. The Bertz CT molecular complexity index is 580. The molecule has 0 saturated heterocycles. The van der Waals surface area contributed by atoms with E-state index in [4.69, 9.17) is 0 Å². The van der Waals surface area contributed by atoms with Crippen molar-refractivity contribution >= 4 is 0 Å². The lowest BCUT2D eigenvalue weighted by molar-refractivity contribution is 0.467. The monoisotopic (exact) mass is 280 g/mol. The Labute approximate surface area is 116 Å². The van der Waals surface area contributed by atoms with Crippen molar-refractivity contribution < 1.29 is 8.78 Å². The van der Waals surface area contributed by atoms with Crippen LogP contribution in [-0.2, 0) is 6.42 Å². The number of benzene rings is 1. The van der Waals surface area contributed by atoms with Gasteiger partial charge < -0.3 is 5.32 Å². The first kappa shape index (κ1) is 14.6. The quantitative estimate of drug-likeness (QED) is 0.915. The fourth-order valence-electron chi connectivity index (χ4n) is 2.19. The van der Waals surface area contributed by atoms with E-state index < -0.39 is 11.6 Å². The van der Waals surface area contributed by atoms with Gasteiger partial charge in [-0.3, -0.25) is 0 Å². The Kier molecular flexibility index (Phi) is 4.44. The van der Waals surface area contributed by atoms with Gasteiger partial charge in [0.15, 0.2) is 0 Å². The maximum Gasteiger partial charge on any atom is 0.138 e. The highest BCUT2D eigenvalue weighted by Crippen LogP contribution is 2.22. The van der Waals surface area contributed by atoms with Crippen LogP contribution in [0, 0.1) is 11.6 Å². The molecule has 1 aromatic carbocycles. The van der Waals surface area contributed by atoms with E-state index in [2.05, 4.69) is 15.4 Å². The smallest absolute Gasteiger partial charge is 0.138 e. The van der Waals surface area contributed by atoms with E-state index in [0.29, 0.717) is 12.0 Å². The zero-order chi connectivity index (χ0) is 14.7. The summed E-state index contributed by atoms with van der Waals surface area (Å²) in [5, 5.41) is 7.20. The summed E-state index contributed by atoms with van der Waals surface area (Å²) in [7, 11) is 1.74. The molecular weight excluding hydrogens is 262 g/mol. The van der Waals surface area contributed by atoms with Crippen LogP contribution in [0.2, 0.25) is 0 Å². The van der Waals surface area contributed by atoms with Crippen LogP contribution in [0.25, 0.3) is 0 Å². The second-order valence-electron chi connectivity index (χ2n) is 4.93. The second kappa shape index (κ2) is 6.09. The van der Waals surface area contributed by atoms with E-state index in [0.717, 1.165) is 11.9 Å². The number of likely N-dealkylation sites (N-methyl/N-ethyl adjacent to an activating group) is 1. The Morgan fingerprint density at radius 1 is 1.30 bits per heavy atom. The minimum atomic E-state index is -0.577. The molecule has 0 spiro atoms. The first-order valence-electron chi connectivity index (χ1n) is 6.53. The normalized spacial score (nSPS) is 12.9. The first-order chi connectivity index (χ1) is 9.52. The van der Waals surface area contributed by atoms with E-state index in [-0.39, 0.29) is 12.1 Å².